The molecule has 0 spiro atoms. The molecule has 1 saturated heterocycles. The summed E-state index contributed by atoms with van der Waals surface area (Å²) in [7, 11) is 0. The summed E-state index contributed by atoms with van der Waals surface area (Å²) in [6.07, 6.45) is -0.759. The lowest BCUT2D eigenvalue weighted by Gasteiger charge is -2.20. The van der Waals surface area contributed by atoms with E-state index in [0.717, 1.165) is 5.39 Å². The zero-order valence-corrected chi connectivity index (χ0v) is 11.1. The van der Waals surface area contributed by atoms with E-state index in [-0.39, 0.29) is 18.7 Å². The minimum atomic E-state index is -1.11. The monoisotopic (exact) mass is 286 g/mol. The maximum Gasteiger partial charge on any atom is 0.326 e. The number of carbonyl (C=O) groups is 2. The van der Waals surface area contributed by atoms with Crippen molar-refractivity contribution in [3.63, 3.8) is 0 Å². The van der Waals surface area contributed by atoms with E-state index in [9.17, 15) is 14.7 Å². The highest BCUT2D eigenvalue weighted by Gasteiger charge is 2.39. The van der Waals surface area contributed by atoms with Gasteiger partial charge in [-0.25, -0.2) is 9.78 Å². The number of benzene rings is 1. The molecule has 0 radical (unpaired) electrons. The number of amides is 1. The first-order chi connectivity index (χ1) is 10.1. The molecule has 2 atom stereocenters. The minimum Gasteiger partial charge on any atom is -0.480 e. The van der Waals surface area contributed by atoms with E-state index < -0.39 is 24.0 Å². The molecule has 6 heteroatoms. The molecule has 1 unspecified atom stereocenters. The van der Waals surface area contributed by atoms with Crippen LogP contribution in [0.15, 0.2) is 36.4 Å². The molecule has 1 aliphatic heterocycles. The minimum absolute atomic E-state index is 0.0182. The standard InChI is InChI=1S/C15H14N2O4/c18-10-7-13(15(20)21)17(8-10)14(19)12-6-5-9-3-1-2-4-11(9)16-12/h1-6,10,13,18H,7-8H2,(H,20,21)/t10?,13-/m0/s1. The highest BCUT2D eigenvalue weighted by Crippen LogP contribution is 2.21. The van der Waals surface area contributed by atoms with Crippen LogP contribution in [0.1, 0.15) is 16.9 Å². The van der Waals surface area contributed by atoms with Gasteiger partial charge in [0.25, 0.3) is 5.91 Å². The first-order valence-corrected chi connectivity index (χ1v) is 6.64. The first kappa shape index (κ1) is 13.5. The van der Waals surface area contributed by atoms with E-state index in [0.29, 0.717) is 5.52 Å². The molecule has 1 fully saturated rings. The average Bonchev–Trinajstić information content (AvgIpc) is 2.88. The molecule has 1 aromatic heterocycles. The van der Waals surface area contributed by atoms with Gasteiger partial charge in [0.1, 0.15) is 11.7 Å². The van der Waals surface area contributed by atoms with E-state index in [4.69, 9.17) is 5.11 Å². The Hall–Kier alpha value is -2.47. The number of aliphatic carboxylic acids is 1. The van der Waals surface area contributed by atoms with Gasteiger partial charge in [-0.15, -0.1) is 0 Å². The van der Waals surface area contributed by atoms with Gasteiger partial charge in [0.15, 0.2) is 0 Å². The van der Waals surface area contributed by atoms with Crippen molar-refractivity contribution in [2.24, 2.45) is 0 Å². The van der Waals surface area contributed by atoms with E-state index in [1.165, 1.54) is 4.90 Å². The van der Waals surface area contributed by atoms with Gasteiger partial charge in [-0.2, -0.15) is 0 Å². The van der Waals surface area contributed by atoms with Gasteiger partial charge in [0, 0.05) is 18.4 Å². The lowest BCUT2D eigenvalue weighted by Crippen LogP contribution is -2.40. The number of aliphatic hydroxyl groups excluding tert-OH is 1. The number of nitrogens with zero attached hydrogens (tertiary/aromatic N) is 2. The number of rotatable bonds is 2. The number of aliphatic hydroxyl groups is 1. The van der Waals surface area contributed by atoms with Crippen molar-refractivity contribution in [1.82, 2.24) is 9.88 Å². The third-order valence-electron chi connectivity index (χ3n) is 3.64. The zero-order chi connectivity index (χ0) is 15.0. The number of β-amino-alcohol motifs (C(OH)–C–C–N with tert-alkyl or cyclic N) is 1. The Morgan fingerprint density at radius 1 is 1.19 bits per heavy atom. The van der Waals surface area contributed by atoms with Crippen LogP contribution in [0.25, 0.3) is 10.9 Å². The molecule has 1 aromatic carbocycles. The van der Waals surface area contributed by atoms with Crippen LogP contribution in [0.5, 0.6) is 0 Å². The Labute approximate surface area is 120 Å². The van der Waals surface area contributed by atoms with Crippen LogP contribution in [0.2, 0.25) is 0 Å². The van der Waals surface area contributed by atoms with E-state index in [1.54, 1.807) is 18.2 Å². The van der Waals surface area contributed by atoms with Crippen LogP contribution in [-0.4, -0.2) is 50.7 Å². The second kappa shape index (κ2) is 5.14. The highest BCUT2D eigenvalue weighted by molar-refractivity contribution is 5.97. The number of carboxylic acids is 1. The molecule has 21 heavy (non-hydrogen) atoms. The third kappa shape index (κ3) is 2.45. The maximum absolute atomic E-state index is 12.4. The summed E-state index contributed by atoms with van der Waals surface area (Å²) in [5, 5.41) is 19.7. The summed E-state index contributed by atoms with van der Waals surface area (Å²) < 4.78 is 0. The SMILES string of the molecule is O=C(O)[C@@H]1CC(O)CN1C(=O)c1ccc2ccccc2n1. The summed E-state index contributed by atoms with van der Waals surface area (Å²) in [5.41, 5.74) is 0.865. The second-order valence-electron chi connectivity index (χ2n) is 5.09. The summed E-state index contributed by atoms with van der Waals surface area (Å²) in [6.45, 7) is 0.0182. The predicted molar refractivity (Wildman–Crippen MR) is 74.8 cm³/mol. The molecule has 0 bridgehead atoms. The van der Waals surface area contributed by atoms with Crippen LogP contribution < -0.4 is 0 Å². The number of aromatic nitrogens is 1. The van der Waals surface area contributed by atoms with E-state index >= 15 is 0 Å². The number of hydrogen-bond acceptors (Lipinski definition) is 4. The second-order valence-corrected chi connectivity index (χ2v) is 5.09. The molecular weight excluding hydrogens is 272 g/mol. The average molecular weight is 286 g/mol. The Balaban J connectivity index is 1.94. The fraction of sp³-hybridized carbons (Fsp3) is 0.267. The first-order valence-electron chi connectivity index (χ1n) is 6.64. The van der Waals surface area contributed by atoms with Crippen LogP contribution in [-0.2, 0) is 4.79 Å². The summed E-state index contributed by atoms with van der Waals surface area (Å²) in [4.78, 5) is 29.1. The molecule has 2 heterocycles. The number of hydrogen-bond donors (Lipinski definition) is 2. The van der Waals surface area contributed by atoms with Crippen molar-refractivity contribution in [2.75, 3.05) is 6.54 Å². The lowest BCUT2D eigenvalue weighted by atomic mass is 10.2. The smallest absolute Gasteiger partial charge is 0.326 e. The van der Waals surface area contributed by atoms with Gasteiger partial charge in [-0.3, -0.25) is 4.79 Å². The molecular formula is C15H14N2O4. The topological polar surface area (TPSA) is 90.7 Å². The molecule has 2 aromatic rings. The molecule has 108 valence electrons. The molecule has 1 aliphatic rings. The van der Waals surface area contributed by atoms with Gasteiger partial charge < -0.3 is 15.1 Å². The van der Waals surface area contributed by atoms with Crippen LogP contribution in [0.4, 0.5) is 0 Å². The molecule has 0 aliphatic carbocycles. The lowest BCUT2D eigenvalue weighted by molar-refractivity contribution is -0.141. The molecule has 1 amide bonds. The maximum atomic E-state index is 12.4. The van der Waals surface area contributed by atoms with Gasteiger partial charge in [0.2, 0.25) is 0 Å². The molecule has 3 rings (SSSR count). The highest BCUT2D eigenvalue weighted by atomic mass is 16.4. The largest absolute Gasteiger partial charge is 0.480 e. The Kier molecular flexibility index (Phi) is 3.31. The van der Waals surface area contributed by atoms with Gasteiger partial charge in [-0.1, -0.05) is 24.3 Å². The Morgan fingerprint density at radius 3 is 2.71 bits per heavy atom. The summed E-state index contributed by atoms with van der Waals surface area (Å²) >= 11 is 0. The fourth-order valence-electron chi connectivity index (χ4n) is 2.60. The van der Waals surface area contributed by atoms with Crippen molar-refractivity contribution in [3.8, 4) is 0 Å². The number of pyridine rings is 1. The Bertz CT molecular complexity index is 716. The Morgan fingerprint density at radius 2 is 1.95 bits per heavy atom. The summed E-state index contributed by atoms with van der Waals surface area (Å²) in [6, 6.07) is 9.73. The number of carbonyl (C=O) groups excluding carboxylic acids is 1. The van der Waals surface area contributed by atoms with Gasteiger partial charge >= 0.3 is 5.97 Å². The number of fused-ring (bicyclic) bond motifs is 1. The number of para-hydroxylation sites is 1. The third-order valence-corrected chi connectivity index (χ3v) is 3.64. The number of likely N-dealkylation sites (tertiary alicyclic amines) is 1. The van der Waals surface area contributed by atoms with Crippen LogP contribution in [0, 0.1) is 0 Å². The van der Waals surface area contributed by atoms with Gasteiger partial charge in [-0.05, 0) is 12.1 Å². The molecule has 6 nitrogen and oxygen atoms in total. The fourth-order valence-corrected chi connectivity index (χ4v) is 2.60. The van der Waals surface area contributed by atoms with Gasteiger partial charge in [0.05, 0.1) is 11.6 Å². The van der Waals surface area contributed by atoms with Crippen LogP contribution >= 0.6 is 0 Å². The predicted octanol–water partition coefficient (Wildman–Crippen LogP) is 0.895. The summed E-state index contributed by atoms with van der Waals surface area (Å²) in [5.74, 6) is -1.58. The zero-order valence-electron chi connectivity index (χ0n) is 11.1. The quantitative estimate of drug-likeness (QED) is 0.855. The number of carboxylic acid groups (broad SMARTS) is 1. The normalized spacial score (nSPS) is 21.7. The van der Waals surface area contributed by atoms with Crippen molar-refractivity contribution in [1.29, 1.82) is 0 Å². The molecule has 2 N–H and O–H groups in total. The molecule has 0 saturated carbocycles. The van der Waals surface area contributed by atoms with Crippen molar-refractivity contribution in [3.05, 3.63) is 42.1 Å². The van der Waals surface area contributed by atoms with E-state index in [2.05, 4.69) is 4.98 Å². The van der Waals surface area contributed by atoms with Crippen molar-refractivity contribution in [2.45, 2.75) is 18.6 Å². The van der Waals surface area contributed by atoms with E-state index in [1.807, 2.05) is 18.2 Å². The van der Waals surface area contributed by atoms with Crippen LogP contribution in [0.3, 0.4) is 0 Å². The van der Waals surface area contributed by atoms with Crippen molar-refractivity contribution >= 4 is 22.8 Å². The van der Waals surface area contributed by atoms with Crippen molar-refractivity contribution < 1.29 is 19.8 Å².